The van der Waals surface area contributed by atoms with E-state index in [4.69, 9.17) is 4.74 Å². The van der Waals surface area contributed by atoms with Crippen molar-refractivity contribution in [2.24, 2.45) is 0 Å². The maximum absolute atomic E-state index is 12.3. The lowest BCUT2D eigenvalue weighted by Crippen LogP contribution is -2.43. The van der Waals surface area contributed by atoms with Crippen molar-refractivity contribution in [3.8, 4) is 0 Å². The Labute approximate surface area is 169 Å². The zero-order valence-corrected chi connectivity index (χ0v) is 16.2. The molecule has 2 aliphatic rings. The summed E-state index contributed by atoms with van der Waals surface area (Å²) >= 11 is 0. The average Bonchev–Trinajstić information content (AvgIpc) is 2.75. The highest BCUT2D eigenvalue weighted by Crippen LogP contribution is 2.29. The summed E-state index contributed by atoms with van der Waals surface area (Å²) in [6.45, 7) is 3.55. The Morgan fingerprint density at radius 1 is 0.966 bits per heavy atom. The van der Waals surface area contributed by atoms with Crippen molar-refractivity contribution in [1.29, 1.82) is 0 Å². The molecule has 1 atom stereocenters. The van der Waals surface area contributed by atoms with Gasteiger partial charge < -0.3 is 20.1 Å². The molecule has 0 unspecified atom stereocenters. The van der Waals surface area contributed by atoms with Gasteiger partial charge in [0.25, 0.3) is 0 Å². The number of urea groups is 1. The first-order valence-corrected chi connectivity index (χ1v) is 9.89. The van der Waals surface area contributed by atoms with Gasteiger partial charge in [0.1, 0.15) is 6.04 Å². The third kappa shape index (κ3) is 4.41. The van der Waals surface area contributed by atoms with Crippen molar-refractivity contribution in [3.05, 3.63) is 65.2 Å². The third-order valence-electron chi connectivity index (χ3n) is 5.54. The van der Waals surface area contributed by atoms with Gasteiger partial charge in [-0.2, -0.15) is 0 Å². The van der Waals surface area contributed by atoms with E-state index >= 15 is 0 Å². The molecule has 0 radical (unpaired) electrons. The minimum atomic E-state index is -0.866. The van der Waals surface area contributed by atoms with Crippen molar-refractivity contribution >= 4 is 17.7 Å². The van der Waals surface area contributed by atoms with Crippen LogP contribution in [0.1, 0.15) is 22.7 Å². The Balaban J connectivity index is 1.46. The van der Waals surface area contributed by atoms with E-state index in [0.717, 1.165) is 6.42 Å². The molecule has 2 amide bonds. The van der Waals surface area contributed by atoms with Crippen LogP contribution >= 0.6 is 0 Å². The van der Waals surface area contributed by atoms with E-state index < -0.39 is 12.0 Å². The average molecular weight is 395 g/mol. The van der Waals surface area contributed by atoms with Crippen molar-refractivity contribution in [1.82, 2.24) is 9.80 Å². The lowest BCUT2D eigenvalue weighted by atomic mass is 9.96. The maximum Gasteiger partial charge on any atom is 0.325 e. The maximum atomic E-state index is 12.3. The molecule has 29 heavy (non-hydrogen) atoms. The Kier molecular flexibility index (Phi) is 5.78. The SMILES string of the molecule is O=C(O)[C@@H](c1ccc(NC(=O)N2CCOCC2)cc1)N1CCc2ccccc2C1. The number of hydrogen-bond donors (Lipinski definition) is 2. The molecule has 7 heteroatoms. The number of nitrogens with zero attached hydrogens (tertiary/aromatic N) is 2. The zero-order valence-electron chi connectivity index (χ0n) is 16.2. The van der Waals surface area contributed by atoms with Gasteiger partial charge in [0, 0.05) is 31.9 Å². The van der Waals surface area contributed by atoms with Crippen LogP contribution < -0.4 is 5.32 Å². The number of benzene rings is 2. The van der Waals surface area contributed by atoms with Crippen LogP contribution in [-0.2, 0) is 22.5 Å². The number of hydrogen-bond acceptors (Lipinski definition) is 4. The van der Waals surface area contributed by atoms with Crippen LogP contribution in [0, 0.1) is 0 Å². The summed E-state index contributed by atoms with van der Waals surface area (Å²) in [6.07, 6.45) is 0.841. The highest BCUT2D eigenvalue weighted by atomic mass is 16.5. The predicted molar refractivity (Wildman–Crippen MR) is 109 cm³/mol. The fourth-order valence-corrected chi connectivity index (χ4v) is 3.97. The molecular formula is C22H25N3O4. The Hall–Kier alpha value is -2.90. The predicted octanol–water partition coefficient (Wildman–Crippen LogP) is 2.73. The monoisotopic (exact) mass is 395 g/mol. The van der Waals surface area contributed by atoms with Crippen LogP contribution in [0.4, 0.5) is 10.5 Å². The highest BCUT2D eigenvalue weighted by Gasteiger charge is 2.30. The number of rotatable bonds is 4. The van der Waals surface area contributed by atoms with Gasteiger partial charge in [0.05, 0.1) is 13.2 Å². The first-order chi connectivity index (χ1) is 14.1. The molecule has 2 aromatic carbocycles. The quantitative estimate of drug-likeness (QED) is 0.832. The van der Waals surface area contributed by atoms with Crippen molar-refractivity contribution < 1.29 is 19.4 Å². The molecule has 0 bridgehead atoms. The fraction of sp³-hybridized carbons (Fsp3) is 0.364. The largest absolute Gasteiger partial charge is 0.480 e. The minimum absolute atomic E-state index is 0.163. The number of carboxylic acids is 1. The molecule has 152 valence electrons. The van der Waals surface area contributed by atoms with Crippen LogP contribution in [-0.4, -0.2) is 59.8 Å². The second kappa shape index (κ2) is 8.63. The van der Waals surface area contributed by atoms with E-state index in [1.54, 1.807) is 29.2 Å². The van der Waals surface area contributed by atoms with Gasteiger partial charge in [-0.1, -0.05) is 36.4 Å². The minimum Gasteiger partial charge on any atom is -0.480 e. The van der Waals surface area contributed by atoms with Gasteiger partial charge in [-0.25, -0.2) is 4.79 Å². The van der Waals surface area contributed by atoms with E-state index in [1.165, 1.54) is 11.1 Å². The number of ether oxygens (including phenoxy) is 1. The third-order valence-corrected chi connectivity index (χ3v) is 5.54. The number of fused-ring (bicyclic) bond motifs is 1. The first kappa shape index (κ1) is 19.4. The summed E-state index contributed by atoms with van der Waals surface area (Å²) in [5.74, 6) is -0.866. The lowest BCUT2D eigenvalue weighted by molar-refractivity contribution is -0.144. The Morgan fingerprint density at radius 2 is 1.66 bits per heavy atom. The van der Waals surface area contributed by atoms with E-state index in [0.29, 0.717) is 50.6 Å². The zero-order chi connectivity index (χ0) is 20.2. The normalized spacial score (nSPS) is 18.0. The fourth-order valence-electron chi connectivity index (χ4n) is 3.97. The van der Waals surface area contributed by atoms with E-state index in [-0.39, 0.29) is 6.03 Å². The summed E-state index contributed by atoms with van der Waals surface area (Å²) in [7, 11) is 0. The summed E-state index contributed by atoms with van der Waals surface area (Å²) < 4.78 is 5.26. The van der Waals surface area contributed by atoms with Crippen molar-refractivity contribution in [2.45, 2.75) is 19.0 Å². The van der Waals surface area contributed by atoms with Crippen LogP contribution in [0.5, 0.6) is 0 Å². The molecule has 0 aliphatic carbocycles. The van der Waals surface area contributed by atoms with Gasteiger partial charge in [0.15, 0.2) is 0 Å². The first-order valence-electron chi connectivity index (χ1n) is 9.89. The molecule has 1 fully saturated rings. The number of aliphatic carboxylic acids is 1. The highest BCUT2D eigenvalue weighted by molar-refractivity contribution is 5.89. The van der Waals surface area contributed by atoms with Gasteiger partial charge in [-0.15, -0.1) is 0 Å². The van der Waals surface area contributed by atoms with Gasteiger partial charge in [-0.05, 0) is 35.2 Å². The second-order valence-electron chi connectivity index (χ2n) is 7.38. The van der Waals surface area contributed by atoms with Crippen LogP contribution in [0.15, 0.2) is 48.5 Å². The summed E-state index contributed by atoms with van der Waals surface area (Å²) in [5.41, 5.74) is 3.83. The van der Waals surface area contributed by atoms with E-state index in [1.807, 2.05) is 17.0 Å². The number of carbonyl (C=O) groups excluding carboxylic acids is 1. The molecular weight excluding hydrogens is 370 g/mol. The topological polar surface area (TPSA) is 82.1 Å². The van der Waals surface area contributed by atoms with E-state index in [2.05, 4.69) is 17.4 Å². The molecule has 0 saturated carbocycles. The lowest BCUT2D eigenvalue weighted by Gasteiger charge is -2.33. The van der Waals surface area contributed by atoms with Gasteiger partial charge in [0.2, 0.25) is 0 Å². The van der Waals surface area contributed by atoms with Crippen molar-refractivity contribution in [2.75, 3.05) is 38.2 Å². The van der Waals surface area contributed by atoms with Crippen LogP contribution in [0.3, 0.4) is 0 Å². The molecule has 2 aromatic rings. The van der Waals surface area contributed by atoms with Crippen LogP contribution in [0.2, 0.25) is 0 Å². The summed E-state index contributed by atoms with van der Waals surface area (Å²) in [4.78, 5) is 28.1. The van der Waals surface area contributed by atoms with E-state index in [9.17, 15) is 14.7 Å². The van der Waals surface area contributed by atoms with Gasteiger partial charge >= 0.3 is 12.0 Å². The number of amides is 2. The number of carbonyl (C=O) groups is 2. The molecule has 2 heterocycles. The van der Waals surface area contributed by atoms with Crippen LogP contribution in [0.25, 0.3) is 0 Å². The molecule has 2 aliphatic heterocycles. The summed E-state index contributed by atoms with van der Waals surface area (Å²) in [6, 6.07) is 14.4. The molecule has 1 saturated heterocycles. The molecule has 0 aromatic heterocycles. The molecule has 4 rings (SSSR count). The second-order valence-corrected chi connectivity index (χ2v) is 7.38. The molecule has 2 N–H and O–H groups in total. The summed E-state index contributed by atoms with van der Waals surface area (Å²) in [5, 5.41) is 12.8. The Bertz CT molecular complexity index is 878. The standard InChI is InChI=1S/C22H25N3O4/c26-21(27)20(25-10-9-16-3-1-2-4-18(16)15-25)17-5-7-19(8-6-17)23-22(28)24-11-13-29-14-12-24/h1-8,20H,9-15H2,(H,23,28)(H,26,27)/t20-/m1/s1. The number of anilines is 1. The molecule has 0 spiro atoms. The van der Waals surface area contributed by atoms with Crippen molar-refractivity contribution in [3.63, 3.8) is 0 Å². The smallest absolute Gasteiger partial charge is 0.325 e. The number of nitrogens with one attached hydrogen (secondary N) is 1. The molecule has 7 nitrogen and oxygen atoms in total. The number of carboxylic acid groups (broad SMARTS) is 1. The van der Waals surface area contributed by atoms with Gasteiger partial charge in [-0.3, -0.25) is 9.69 Å². The number of morpholine rings is 1. The Morgan fingerprint density at radius 3 is 2.34 bits per heavy atom.